The molecule has 1 amide bonds. The summed E-state index contributed by atoms with van der Waals surface area (Å²) in [4.78, 5) is 12.9. The number of para-hydroxylation sites is 1. The van der Waals surface area contributed by atoms with Crippen LogP contribution < -0.4 is 10.1 Å². The van der Waals surface area contributed by atoms with E-state index >= 15 is 0 Å². The van der Waals surface area contributed by atoms with Gasteiger partial charge in [0.2, 0.25) is 10.0 Å². The van der Waals surface area contributed by atoms with Crippen LogP contribution in [-0.2, 0) is 10.0 Å². The molecule has 158 valence electrons. The van der Waals surface area contributed by atoms with Crippen LogP contribution in [0.3, 0.4) is 0 Å². The van der Waals surface area contributed by atoms with Gasteiger partial charge in [-0.15, -0.1) is 0 Å². The topological polar surface area (TPSA) is 104 Å². The summed E-state index contributed by atoms with van der Waals surface area (Å²) in [6.45, 7) is 0.952. The molecule has 2 aromatic carbocycles. The number of fused-ring (bicyclic) bond motifs is 1. The second kappa shape index (κ2) is 8.45. The van der Waals surface area contributed by atoms with E-state index in [-0.39, 0.29) is 16.2 Å². The van der Waals surface area contributed by atoms with E-state index in [1.807, 2.05) is 12.1 Å². The van der Waals surface area contributed by atoms with E-state index in [9.17, 15) is 13.2 Å². The fraction of sp³-hybridized carbons (Fsp3) is 0.333. The quantitative estimate of drug-likeness (QED) is 0.648. The number of methoxy groups -OCH3 is 1. The number of benzene rings is 2. The maximum absolute atomic E-state index is 13.3. The van der Waals surface area contributed by atoms with E-state index in [0.717, 1.165) is 31.1 Å². The van der Waals surface area contributed by atoms with Crippen LogP contribution in [0.5, 0.6) is 5.75 Å². The maximum atomic E-state index is 13.3. The van der Waals surface area contributed by atoms with E-state index < -0.39 is 15.9 Å². The van der Waals surface area contributed by atoms with Crippen LogP contribution in [-0.4, -0.2) is 49.0 Å². The summed E-state index contributed by atoms with van der Waals surface area (Å²) in [6, 6.07) is 9.93. The number of ether oxygens (including phenoxy) is 1. The second-order valence-electron chi connectivity index (χ2n) is 7.28. The van der Waals surface area contributed by atoms with Gasteiger partial charge in [0, 0.05) is 24.0 Å². The number of hydrogen-bond donors (Lipinski definition) is 2. The summed E-state index contributed by atoms with van der Waals surface area (Å²) >= 11 is 0. The lowest BCUT2D eigenvalue weighted by Crippen LogP contribution is -2.32. The summed E-state index contributed by atoms with van der Waals surface area (Å²) in [5.41, 5.74) is 1.51. The first kappa shape index (κ1) is 20.4. The Morgan fingerprint density at radius 1 is 1.13 bits per heavy atom. The normalized spacial score (nSPS) is 15.6. The van der Waals surface area contributed by atoms with Gasteiger partial charge in [0.15, 0.2) is 0 Å². The van der Waals surface area contributed by atoms with Crippen molar-refractivity contribution in [2.45, 2.75) is 30.6 Å². The van der Waals surface area contributed by atoms with Crippen molar-refractivity contribution in [3.8, 4) is 5.75 Å². The predicted octanol–water partition coefficient (Wildman–Crippen LogP) is 3.39. The van der Waals surface area contributed by atoms with Crippen LogP contribution in [0.25, 0.3) is 10.9 Å². The average molecular weight is 429 g/mol. The highest BCUT2D eigenvalue weighted by Gasteiger charge is 2.29. The smallest absolute Gasteiger partial charge is 0.255 e. The largest absolute Gasteiger partial charge is 0.495 e. The highest BCUT2D eigenvalue weighted by Crippen LogP contribution is 2.30. The number of amides is 1. The standard InChI is InChI=1S/C21H24N4O4S/c1-29-18-10-9-15(13-19(18)30(27,28)25-11-4-2-3-5-12-25)21(26)23-17-8-6-7-16-14-22-24-20(16)17/h6-10,13-14H,2-5,11-12H2,1H3,(H,22,24)(H,23,26). The summed E-state index contributed by atoms with van der Waals surface area (Å²) in [5, 5.41) is 10.6. The molecular weight excluding hydrogens is 404 g/mol. The van der Waals surface area contributed by atoms with E-state index in [4.69, 9.17) is 4.74 Å². The van der Waals surface area contributed by atoms with Crippen LogP contribution in [0.2, 0.25) is 0 Å². The third-order valence-corrected chi connectivity index (χ3v) is 7.25. The minimum atomic E-state index is -3.77. The van der Waals surface area contributed by atoms with Crippen molar-refractivity contribution >= 4 is 32.5 Å². The Morgan fingerprint density at radius 2 is 1.90 bits per heavy atom. The van der Waals surface area contributed by atoms with E-state index in [0.29, 0.717) is 24.3 Å². The summed E-state index contributed by atoms with van der Waals surface area (Å²) < 4.78 is 33.4. The highest BCUT2D eigenvalue weighted by molar-refractivity contribution is 7.89. The first-order valence-corrected chi connectivity index (χ1v) is 11.4. The minimum Gasteiger partial charge on any atom is -0.495 e. The number of H-pyrrole nitrogens is 1. The monoisotopic (exact) mass is 428 g/mol. The molecule has 0 bridgehead atoms. The first-order chi connectivity index (χ1) is 14.5. The number of aromatic nitrogens is 2. The van der Waals surface area contributed by atoms with Gasteiger partial charge in [-0.1, -0.05) is 25.0 Å². The Labute approximate surface area is 175 Å². The summed E-state index contributed by atoms with van der Waals surface area (Å²) in [7, 11) is -2.34. The molecule has 4 rings (SSSR count). The van der Waals surface area contributed by atoms with Crippen molar-refractivity contribution < 1.29 is 17.9 Å². The highest BCUT2D eigenvalue weighted by atomic mass is 32.2. The molecule has 0 saturated carbocycles. The fourth-order valence-electron chi connectivity index (χ4n) is 3.71. The zero-order valence-electron chi connectivity index (χ0n) is 16.7. The first-order valence-electron chi connectivity index (χ1n) is 9.92. The Morgan fingerprint density at radius 3 is 2.63 bits per heavy atom. The lowest BCUT2D eigenvalue weighted by Gasteiger charge is -2.21. The molecule has 1 aliphatic rings. The SMILES string of the molecule is COc1ccc(C(=O)Nc2cccc3cn[nH]c23)cc1S(=O)(=O)N1CCCCCC1. The van der Waals surface area contributed by atoms with E-state index in [2.05, 4.69) is 15.5 Å². The number of carbonyl (C=O) groups excluding carboxylic acids is 1. The van der Waals surface area contributed by atoms with Crippen LogP contribution in [0.15, 0.2) is 47.5 Å². The van der Waals surface area contributed by atoms with Gasteiger partial charge >= 0.3 is 0 Å². The molecule has 0 unspecified atom stereocenters. The van der Waals surface area contributed by atoms with Crippen LogP contribution in [0.1, 0.15) is 36.0 Å². The number of sulfonamides is 1. The van der Waals surface area contributed by atoms with Gasteiger partial charge in [-0.2, -0.15) is 9.40 Å². The lowest BCUT2D eigenvalue weighted by molar-refractivity contribution is 0.102. The number of hydrogen-bond acceptors (Lipinski definition) is 5. The number of nitrogens with one attached hydrogen (secondary N) is 2. The molecule has 0 aliphatic carbocycles. The third kappa shape index (κ3) is 3.90. The third-order valence-electron chi connectivity index (χ3n) is 5.33. The van der Waals surface area contributed by atoms with Crippen molar-refractivity contribution in [2.75, 3.05) is 25.5 Å². The van der Waals surface area contributed by atoms with Gasteiger partial charge in [-0.25, -0.2) is 8.42 Å². The Hall–Kier alpha value is -2.91. The predicted molar refractivity (Wildman–Crippen MR) is 114 cm³/mol. The maximum Gasteiger partial charge on any atom is 0.255 e. The Bertz CT molecular complexity index is 1160. The number of nitrogens with zero attached hydrogens (tertiary/aromatic N) is 2. The molecular formula is C21H24N4O4S. The van der Waals surface area contributed by atoms with Gasteiger partial charge < -0.3 is 10.1 Å². The van der Waals surface area contributed by atoms with E-state index in [1.54, 1.807) is 18.3 Å². The molecule has 3 aromatic rings. The van der Waals surface area contributed by atoms with Gasteiger partial charge in [0.25, 0.3) is 5.91 Å². The lowest BCUT2D eigenvalue weighted by atomic mass is 10.2. The Balaban J connectivity index is 1.66. The van der Waals surface area contributed by atoms with Crippen molar-refractivity contribution in [1.82, 2.24) is 14.5 Å². The van der Waals surface area contributed by atoms with Gasteiger partial charge in [0.05, 0.1) is 24.5 Å². The summed E-state index contributed by atoms with van der Waals surface area (Å²) in [5.74, 6) is -0.182. The van der Waals surface area contributed by atoms with Gasteiger partial charge in [-0.3, -0.25) is 9.89 Å². The molecule has 1 saturated heterocycles. The van der Waals surface area contributed by atoms with E-state index in [1.165, 1.54) is 23.5 Å². The molecule has 9 heteroatoms. The Kier molecular flexibility index (Phi) is 5.74. The average Bonchev–Trinajstić information content (AvgIpc) is 3.07. The molecule has 30 heavy (non-hydrogen) atoms. The molecule has 2 heterocycles. The molecule has 1 aromatic heterocycles. The van der Waals surface area contributed by atoms with Crippen molar-refractivity contribution in [2.24, 2.45) is 0 Å². The summed E-state index contributed by atoms with van der Waals surface area (Å²) in [6.07, 6.45) is 5.37. The number of anilines is 1. The van der Waals surface area contributed by atoms with Crippen LogP contribution in [0.4, 0.5) is 5.69 Å². The van der Waals surface area contributed by atoms with Crippen LogP contribution >= 0.6 is 0 Å². The molecule has 0 atom stereocenters. The van der Waals surface area contributed by atoms with Crippen molar-refractivity contribution in [1.29, 1.82) is 0 Å². The van der Waals surface area contributed by atoms with Crippen molar-refractivity contribution in [3.05, 3.63) is 48.2 Å². The van der Waals surface area contributed by atoms with Gasteiger partial charge in [-0.05, 0) is 37.1 Å². The molecule has 2 N–H and O–H groups in total. The molecule has 8 nitrogen and oxygen atoms in total. The number of rotatable bonds is 5. The molecule has 0 spiro atoms. The molecule has 1 aliphatic heterocycles. The van der Waals surface area contributed by atoms with Crippen LogP contribution in [0, 0.1) is 0 Å². The van der Waals surface area contributed by atoms with Crippen molar-refractivity contribution in [3.63, 3.8) is 0 Å². The zero-order valence-corrected chi connectivity index (χ0v) is 17.5. The zero-order chi connectivity index (χ0) is 21.1. The number of aromatic amines is 1. The molecule has 0 radical (unpaired) electrons. The minimum absolute atomic E-state index is 0.0132. The fourth-order valence-corrected chi connectivity index (χ4v) is 5.41. The number of carbonyl (C=O) groups is 1. The molecule has 1 fully saturated rings. The van der Waals surface area contributed by atoms with Gasteiger partial charge in [0.1, 0.15) is 10.6 Å². The second-order valence-corrected chi connectivity index (χ2v) is 9.18.